The lowest BCUT2D eigenvalue weighted by Gasteiger charge is -2.49. The molecule has 0 bridgehead atoms. The molecule has 0 fully saturated rings. The van der Waals surface area contributed by atoms with Crippen LogP contribution in [0.4, 0.5) is 0 Å². The highest BCUT2D eigenvalue weighted by molar-refractivity contribution is 6.07. The summed E-state index contributed by atoms with van der Waals surface area (Å²) >= 11 is 0. The number of Topliss-reactive ketones (excluding diaryl/α,β-unsaturated/α-hetero) is 2. The van der Waals surface area contributed by atoms with Crippen molar-refractivity contribution in [2.75, 3.05) is 27.4 Å². The van der Waals surface area contributed by atoms with Gasteiger partial charge in [-0.2, -0.15) is 0 Å². The van der Waals surface area contributed by atoms with Crippen molar-refractivity contribution in [3.63, 3.8) is 0 Å². The summed E-state index contributed by atoms with van der Waals surface area (Å²) in [6, 6.07) is 10.5. The Hall–Kier alpha value is -4.17. The molecule has 244 valence electrons. The molecular formula is C38H45NO7. The first-order valence-electron chi connectivity index (χ1n) is 15.8. The van der Waals surface area contributed by atoms with Gasteiger partial charge in [-0.05, 0) is 59.4 Å². The molecule has 0 atom stereocenters. The number of carboxylic acid groups (broad SMARTS) is 1. The first-order valence-corrected chi connectivity index (χ1v) is 15.8. The van der Waals surface area contributed by atoms with Gasteiger partial charge in [0.2, 0.25) is 0 Å². The minimum Gasteiger partial charge on any atom is -0.493 e. The normalized spacial score (nSPS) is 19.1. The quantitative estimate of drug-likeness (QED) is 0.265. The maximum atomic E-state index is 14.2. The van der Waals surface area contributed by atoms with Gasteiger partial charge in [-0.1, -0.05) is 52.0 Å². The van der Waals surface area contributed by atoms with Crippen LogP contribution in [-0.2, 0) is 27.4 Å². The molecule has 3 aliphatic rings. The van der Waals surface area contributed by atoms with Crippen LogP contribution in [0.15, 0.2) is 71.6 Å². The lowest BCUT2D eigenvalue weighted by molar-refractivity contribution is -0.119. The topological polar surface area (TPSA) is 102 Å². The molecule has 0 amide bonds. The molecule has 0 spiro atoms. The Morgan fingerprint density at radius 2 is 1.54 bits per heavy atom. The molecule has 1 aliphatic heterocycles. The van der Waals surface area contributed by atoms with Crippen LogP contribution in [0.1, 0.15) is 86.3 Å². The van der Waals surface area contributed by atoms with Crippen molar-refractivity contribution in [3.05, 3.63) is 93.8 Å². The fourth-order valence-corrected chi connectivity index (χ4v) is 7.21. The minimum atomic E-state index is -0.987. The molecule has 0 radical (unpaired) electrons. The molecule has 1 N–H and O–H groups in total. The first kappa shape index (κ1) is 33.2. The average Bonchev–Trinajstić information content (AvgIpc) is 2.98. The molecule has 8 heteroatoms. The molecular weight excluding hydrogens is 582 g/mol. The van der Waals surface area contributed by atoms with Gasteiger partial charge in [0.05, 0.1) is 19.3 Å². The highest BCUT2D eigenvalue weighted by atomic mass is 16.5. The average molecular weight is 628 g/mol. The lowest BCUT2D eigenvalue weighted by Crippen LogP contribution is -2.45. The molecule has 0 saturated heterocycles. The van der Waals surface area contributed by atoms with E-state index in [1.165, 1.54) is 0 Å². The third kappa shape index (κ3) is 6.54. The number of hydrogen-bond acceptors (Lipinski definition) is 7. The number of benzene rings is 2. The smallest absolute Gasteiger partial charge is 0.335 e. The molecule has 0 aromatic heterocycles. The SMILES string of the molecule is C=CCc1cc(C2C3=C(CC(C)(C)CC3=O)N(CCOC)C3=C2C(=O)CC(C)(C)C3)cc(OC)c1OCc1ccc(C(=O)O)cc1. The molecule has 5 rings (SSSR count). The largest absolute Gasteiger partial charge is 0.493 e. The third-order valence-corrected chi connectivity index (χ3v) is 9.20. The standard InChI is InChI=1S/C38H45NO7/c1-8-9-25-16-26(17-31(45-7)35(25)46-22-23-10-12-24(13-11-23)36(42)43)32-33-27(18-37(2,3)20-29(33)40)39(14-15-44-6)28-19-38(4,5)21-30(41)34(28)32/h8,10-13,16-17,32H,1,9,14-15,18-22H2,2-7H3,(H,42,43). The zero-order valence-electron chi connectivity index (χ0n) is 27.8. The van der Waals surface area contributed by atoms with Gasteiger partial charge in [-0.3, -0.25) is 9.59 Å². The van der Waals surface area contributed by atoms with Crippen molar-refractivity contribution in [2.24, 2.45) is 10.8 Å². The number of allylic oxidation sites excluding steroid dienone is 5. The Bertz CT molecular complexity index is 1570. The Morgan fingerprint density at radius 3 is 2.04 bits per heavy atom. The number of rotatable bonds is 11. The van der Waals surface area contributed by atoms with E-state index in [1.54, 1.807) is 44.6 Å². The van der Waals surface area contributed by atoms with Crippen LogP contribution >= 0.6 is 0 Å². The first-order chi connectivity index (χ1) is 21.8. The molecule has 2 aromatic rings. The number of carboxylic acids is 1. The van der Waals surface area contributed by atoms with E-state index >= 15 is 0 Å². The molecule has 8 nitrogen and oxygen atoms in total. The molecule has 1 heterocycles. The molecule has 2 aliphatic carbocycles. The van der Waals surface area contributed by atoms with Crippen molar-refractivity contribution in [2.45, 2.75) is 72.3 Å². The predicted molar refractivity (Wildman–Crippen MR) is 176 cm³/mol. The maximum Gasteiger partial charge on any atom is 0.335 e. The number of carbonyl (C=O) groups excluding carboxylic acids is 2. The second-order valence-electron chi connectivity index (χ2n) is 14.2. The van der Waals surface area contributed by atoms with Crippen LogP contribution in [0.25, 0.3) is 0 Å². The van der Waals surface area contributed by atoms with E-state index < -0.39 is 11.9 Å². The van der Waals surface area contributed by atoms with Crippen LogP contribution in [0.5, 0.6) is 11.5 Å². The fourth-order valence-electron chi connectivity index (χ4n) is 7.21. The van der Waals surface area contributed by atoms with E-state index in [-0.39, 0.29) is 34.6 Å². The van der Waals surface area contributed by atoms with Crippen molar-refractivity contribution in [3.8, 4) is 11.5 Å². The van der Waals surface area contributed by atoms with Gasteiger partial charge in [0.1, 0.15) is 6.61 Å². The van der Waals surface area contributed by atoms with Gasteiger partial charge < -0.3 is 24.2 Å². The van der Waals surface area contributed by atoms with Crippen molar-refractivity contribution >= 4 is 17.5 Å². The van der Waals surface area contributed by atoms with E-state index in [0.29, 0.717) is 55.1 Å². The van der Waals surface area contributed by atoms with Crippen LogP contribution in [0.2, 0.25) is 0 Å². The molecule has 46 heavy (non-hydrogen) atoms. The van der Waals surface area contributed by atoms with Gasteiger partial charge in [-0.25, -0.2) is 4.79 Å². The number of carbonyl (C=O) groups is 3. The number of methoxy groups -OCH3 is 2. The summed E-state index contributed by atoms with van der Waals surface area (Å²) in [6.45, 7) is 13.7. The summed E-state index contributed by atoms with van der Waals surface area (Å²) in [5, 5.41) is 9.25. The highest BCUT2D eigenvalue weighted by Crippen LogP contribution is 2.55. The Balaban J connectivity index is 1.66. The third-order valence-electron chi connectivity index (χ3n) is 9.20. The minimum absolute atomic E-state index is 0.0669. The van der Waals surface area contributed by atoms with Crippen LogP contribution in [-0.4, -0.2) is 54.9 Å². The zero-order chi connectivity index (χ0) is 33.4. The fraction of sp³-hybridized carbons (Fsp3) is 0.447. The predicted octanol–water partition coefficient (Wildman–Crippen LogP) is 7.03. The van der Waals surface area contributed by atoms with E-state index in [4.69, 9.17) is 14.2 Å². The molecule has 0 saturated carbocycles. The van der Waals surface area contributed by atoms with Gasteiger partial charge in [0, 0.05) is 60.5 Å². The van der Waals surface area contributed by atoms with Gasteiger partial charge in [0.25, 0.3) is 0 Å². The summed E-state index contributed by atoms with van der Waals surface area (Å²) in [4.78, 5) is 41.8. The van der Waals surface area contributed by atoms with E-state index in [0.717, 1.165) is 40.9 Å². The van der Waals surface area contributed by atoms with Crippen LogP contribution in [0, 0.1) is 10.8 Å². The van der Waals surface area contributed by atoms with E-state index in [1.807, 2.05) is 12.1 Å². The molecule has 2 aromatic carbocycles. The van der Waals surface area contributed by atoms with Gasteiger partial charge in [0.15, 0.2) is 23.1 Å². The number of hydrogen-bond donors (Lipinski definition) is 1. The monoisotopic (exact) mass is 627 g/mol. The summed E-state index contributed by atoms with van der Waals surface area (Å²) in [5.41, 5.74) is 5.58. The summed E-state index contributed by atoms with van der Waals surface area (Å²) in [7, 11) is 3.25. The summed E-state index contributed by atoms with van der Waals surface area (Å²) < 4.78 is 17.7. The maximum absolute atomic E-state index is 14.2. The van der Waals surface area contributed by atoms with Crippen molar-refractivity contribution in [1.82, 2.24) is 4.90 Å². The zero-order valence-corrected chi connectivity index (χ0v) is 27.8. The Labute approximate surface area is 271 Å². The van der Waals surface area contributed by atoms with Gasteiger partial charge in [-0.15, -0.1) is 6.58 Å². The van der Waals surface area contributed by atoms with E-state index in [2.05, 4.69) is 39.2 Å². The number of aromatic carboxylic acids is 1. The summed E-state index contributed by atoms with van der Waals surface area (Å²) in [6.07, 6.45) is 4.52. The Kier molecular flexibility index (Phi) is 9.32. The van der Waals surface area contributed by atoms with Crippen LogP contribution < -0.4 is 9.47 Å². The van der Waals surface area contributed by atoms with Crippen molar-refractivity contribution < 1.29 is 33.7 Å². The lowest BCUT2D eigenvalue weighted by atomic mass is 9.63. The van der Waals surface area contributed by atoms with Crippen LogP contribution in [0.3, 0.4) is 0 Å². The number of ether oxygens (including phenoxy) is 3. The second kappa shape index (κ2) is 12.9. The number of nitrogens with zero attached hydrogens (tertiary/aromatic N) is 1. The number of ketones is 2. The highest BCUT2D eigenvalue weighted by Gasteiger charge is 2.49. The molecule has 0 unspecified atom stereocenters. The van der Waals surface area contributed by atoms with Crippen molar-refractivity contribution in [1.29, 1.82) is 0 Å². The summed E-state index contributed by atoms with van der Waals surface area (Å²) in [5.74, 6) is -0.337. The Morgan fingerprint density at radius 1 is 0.957 bits per heavy atom. The van der Waals surface area contributed by atoms with E-state index in [9.17, 15) is 19.5 Å². The van der Waals surface area contributed by atoms with Gasteiger partial charge >= 0.3 is 5.97 Å². The second-order valence-corrected chi connectivity index (χ2v) is 14.2.